The summed E-state index contributed by atoms with van der Waals surface area (Å²) in [6.45, 7) is -0.0603. The van der Waals surface area contributed by atoms with Gasteiger partial charge in [0.2, 0.25) is 11.7 Å². The zero-order chi connectivity index (χ0) is 20.3. The minimum atomic E-state index is -4.44. The summed E-state index contributed by atoms with van der Waals surface area (Å²) >= 11 is 0. The lowest BCUT2D eigenvalue weighted by Gasteiger charge is -2.07. The van der Waals surface area contributed by atoms with Crippen molar-refractivity contribution in [3.05, 3.63) is 65.3 Å². The number of anilines is 1. The molecular weight excluding hydrogens is 382 g/mol. The molecule has 1 aromatic heterocycles. The Bertz CT molecular complexity index is 984. The van der Waals surface area contributed by atoms with E-state index in [1.54, 1.807) is 0 Å². The van der Waals surface area contributed by atoms with Crippen molar-refractivity contribution < 1.29 is 31.6 Å². The van der Waals surface area contributed by atoms with Crippen molar-refractivity contribution in [1.29, 1.82) is 0 Å². The zero-order valence-electron chi connectivity index (χ0n) is 14.4. The van der Waals surface area contributed by atoms with Gasteiger partial charge < -0.3 is 14.6 Å². The van der Waals surface area contributed by atoms with E-state index < -0.39 is 23.5 Å². The van der Waals surface area contributed by atoms with Crippen molar-refractivity contribution in [1.82, 2.24) is 10.1 Å². The molecule has 28 heavy (non-hydrogen) atoms. The Kier molecular flexibility index (Phi) is 5.30. The first-order valence-electron chi connectivity index (χ1n) is 7.90. The number of carbonyl (C=O) groups is 1. The summed E-state index contributed by atoms with van der Waals surface area (Å²) in [6.07, 6.45) is -4.44. The Morgan fingerprint density at radius 3 is 2.54 bits per heavy atom. The second kappa shape index (κ2) is 7.67. The molecule has 3 aromatic rings. The van der Waals surface area contributed by atoms with Crippen molar-refractivity contribution in [3.63, 3.8) is 0 Å². The molecule has 0 saturated heterocycles. The maximum absolute atomic E-state index is 13.9. The van der Waals surface area contributed by atoms with E-state index in [4.69, 9.17) is 4.52 Å². The summed E-state index contributed by atoms with van der Waals surface area (Å²) < 4.78 is 61.3. The van der Waals surface area contributed by atoms with Crippen molar-refractivity contribution in [2.75, 3.05) is 12.4 Å². The van der Waals surface area contributed by atoms with Gasteiger partial charge in [-0.15, -0.1) is 0 Å². The zero-order valence-corrected chi connectivity index (χ0v) is 14.4. The number of hydrogen-bond acceptors (Lipinski definition) is 6. The van der Waals surface area contributed by atoms with Crippen molar-refractivity contribution in [2.45, 2.75) is 12.7 Å². The molecule has 3 rings (SSSR count). The van der Waals surface area contributed by atoms with Crippen LogP contribution < -0.4 is 5.32 Å². The molecule has 0 spiro atoms. The van der Waals surface area contributed by atoms with Crippen LogP contribution in [-0.4, -0.2) is 23.2 Å². The molecule has 0 unspecified atom stereocenters. The first kappa shape index (κ1) is 19.3. The van der Waals surface area contributed by atoms with Gasteiger partial charge in [-0.2, -0.15) is 18.2 Å². The van der Waals surface area contributed by atoms with Crippen molar-refractivity contribution >= 4 is 11.7 Å². The van der Waals surface area contributed by atoms with E-state index in [2.05, 4.69) is 20.2 Å². The number of carbonyl (C=O) groups excluding carboxylic acids is 1. The molecule has 10 heteroatoms. The maximum Gasteiger partial charge on any atom is 0.416 e. The number of nitrogens with one attached hydrogen (secondary N) is 1. The standard InChI is InChI=1S/C18H13F4N3O3/c1-27-17(26)11-4-7-13(19)14(8-11)23-9-15-24-16(25-28-15)10-2-5-12(6-3-10)18(20,21)22/h2-8,23H,9H2,1H3. The highest BCUT2D eigenvalue weighted by molar-refractivity contribution is 5.90. The second-order valence-electron chi connectivity index (χ2n) is 5.63. The van der Waals surface area contributed by atoms with E-state index in [-0.39, 0.29) is 29.5 Å². The van der Waals surface area contributed by atoms with E-state index in [9.17, 15) is 22.4 Å². The van der Waals surface area contributed by atoms with Crippen LogP contribution in [0.5, 0.6) is 0 Å². The van der Waals surface area contributed by atoms with Crippen LogP contribution >= 0.6 is 0 Å². The lowest BCUT2D eigenvalue weighted by atomic mass is 10.1. The molecule has 0 atom stereocenters. The summed E-state index contributed by atoms with van der Waals surface area (Å²) in [4.78, 5) is 15.6. The lowest BCUT2D eigenvalue weighted by molar-refractivity contribution is -0.137. The van der Waals surface area contributed by atoms with Gasteiger partial charge in [0.05, 0.1) is 30.5 Å². The average Bonchev–Trinajstić information content (AvgIpc) is 3.15. The van der Waals surface area contributed by atoms with E-state index in [0.717, 1.165) is 18.2 Å². The van der Waals surface area contributed by atoms with Gasteiger partial charge in [0, 0.05) is 5.56 Å². The number of benzene rings is 2. The summed E-state index contributed by atoms with van der Waals surface area (Å²) in [6, 6.07) is 7.94. The monoisotopic (exact) mass is 395 g/mol. The topological polar surface area (TPSA) is 77.2 Å². The number of hydrogen-bond donors (Lipinski definition) is 1. The van der Waals surface area contributed by atoms with Crippen LogP contribution in [0.15, 0.2) is 47.0 Å². The second-order valence-corrected chi connectivity index (χ2v) is 5.63. The average molecular weight is 395 g/mol. The number of methoxy groups -OCH3 is 1. The summed E-state index contributed by atoms with van der Waals surface area (Å²) in [7, 11) is 1.21. The number of ether oxygens (including phenoxy) is 1. The molecule has 1 N–H and O–H groups in total. The number of alkyl halides is 3. The fourth-order valence-electron chi connectivity index (χ4n) is 2.33. The van der Waals surface area contributed by atoms with E-state index in [1.807, 2.05) is 0 Å². The Balaban J connectivity index is 1.71. The van der Waals surface area contributed by atoms with Crippen molar-refractivity contribution in [2.24, 2.45) is 0 Å². The molecule has 0 amide bonds. The van der Waals surface area contributed by atoms with Crippen LogP contribution in [0.25, 0.3) is 11.4 Å². The molecule has 2 aromatic carbocycles. The molecule has 0 aliphatic rings. The molecule has 0 aliphatic heterocycles. The lowest BCUT2D eigenvalue weighted by Crippen LogP contribution is -2.06. The maximum atomic E-state index is 13.9. The van der Waals surface area contributed by atoms with Gasteiger partial charge in [-0.05, 0) is 30.3 Å². The van der Waals surface area contributed by atoms with Crippen LogP contribution in [0.3, 0.4) is 0 Å². The molecular formula is C18H13F4N3O3. The SMILES string of the molecule is COC(=O)c1ccc(F)c(NCc2nc(-c3ccc(C(F)(F)F)cc3)no2)c1. The molecule has 6 nitrogen and oxygen atoms in total. The van der Waals surface area contributed by atoms with Crippen molar-refractivity contribution in [3.8, 4) is 11.4 Å². The molecule has 146 valence electrons. The molecule has 0 aliphatic carbocycles. The Morgan fingerprint density at radius 1 is 1.18 bits per heavy atom. The summed E-state index contributed by atoms with van der Waals surface area (Å²) in [5.41, 5.74) is -0.274. The smallest absolute Gasteiger partial charge is 0.416 e. The molecule has 0 saturated carbocycles. The number of rotatable bonds is 5. The van der Waals surface area contributed by atoms with E-state index >= 15 is 0 Å². The van der Waals surface area contributed by atoms with Crippen LogP contribution in [0, 0.1) is 5.82 Å². The number of nitrogens with zero attached hydrogens (tertiary/aromatic N) is 2. The number of halogens is 4. The fraction of sp³-hybridized carbons (Fsp3) is 0.167. The minimum absolute atomic E-state index is 0.0252. The van der Waals surface area contributed by atoms with Gasteiger partial charge >= 0.3 is 12.1 Å². The third-order valence-electron chi connectivity index (χ3n) is 3.76. The van der Waals surface area contributed by atoms with Gasteiger partial charge in [-0.1, -0.05) is 17.3 Å². The normalized spacial score (nSPS) is 11.3. The third kappa shape index (κ3) is 4.27. The quantitative estimate of drug-likeness (QED) is 0.513. The third-order valence-corrected chi connectivity index (χ3v) is 3.76. The van der Waals surface area contributed by atoms with Crippen LogP contribution in [0.1, 0.15) is 21.8 Å². The molecule has 1 heterocycles. The van der Waals surface area contributed by atoms with Gasteiger partial charge in [0.25, 0.3) is 0 Å². The predicted molar refractivity (Wildman–Crippen MR) is 89.8 cm³/mol. The Morgan fingerprint density at radius 2 is 1.89 bits per heavy atom. The number of esters is 1. The molecule has 0 bridgehead atoms. The summed E-state index contributed by atoms with van der Waals surface area (Å²) in [5.74, 6) is -1.05. The van der Waals surface area contributed by atoms with E-state index in [1.165, 1.54) is 31.4 Å². The van der Waals surface area contributed by atoms with Crippen LogP contribution in [0.4, 0.5) is 23.2 Å². The summed E-state index contributed by atoms with van der Waals surface area (Å²) in [5, 5.41) is 6.41. The Hall–Kier alpha value is -3.43. The minimum Gasteiger partial charge on any atom is -0.465 e. The van der Waals surface area contributed by atoms with Gasteiger partial charge in [0.15, 0.2) is 0 Å². The highest BCUT2D eigenvalue weighted by Crippen LogP contribution is 2.30. The first-order chi connectivity index (χ1) is 13.3. The highest BCUT2D eigenvalue weighted by Gasteiger charge is 2.30. The largest absolute Gasteiger partial charge is 0.465 e. The fourth-order valence-corrected chi connectivity index (χ4v) is 2.33. The Labute approximate surface area is 156 Å². The molecule has 0 radical (unpaired) electrons. The van der Waals surface area contributed by atoms with Crippen LogP contribution in [0.2, 0.25) is 0 Å². The van der Waals surface area contributed by atoms with Gasteiger partial charge in [-0.3, -0.25) is 0 Å². The van der Waals surface area contributed by atoms with Gasteiger partial charge in [0.1, 0.15) is 5.82 Å². The van der Waals surface area contributed by atoms with Crippen LogP contribution in [-0.2, 0) is 17.5 Å². The number of aromatic nitrogens is 2. The predicted octanol–water partition coefficient (Wildman–Crippen LogP) is 4.29. The van der Waals surface area contributed by atoms with Gasteiger partial charge in [-0.25, -0.2) is 9.18 Å². The van der Waals surface area contributed by atoms with E-state index in [0.29, 0.717) is 5.56 Å². The highest BCUT2D eigenvalue weighted by atomic mass is 19.4. The molecule has 0 fully saturated rings. The first-order valence-corrected chi connectivity index (χ1v) is 7.90.